The number of carbonyl (C=O) groups is 1. The first-order valence-electron chi connectivity index (χ1n) is 2.91. The predicted molar refractivity (Wildman–Crippen MR) is 34.8 cm³/mol. The summed E-state index contributed by atoms with van der Waals surface area (Å²) in [4.78, 5) is 10.7. The lowest BCUT2D eigenvalue weighted by Crippen LogP contribution is -2.24. The lowest BCUT2D eigenvalue weighted by Gasteiger charge is -2.06. The Morgan fingerprint density at radius 3 is 2.80 bits per heavy atom. The van der Waals surface area contributed by atoms with E-state index in [0.29, 0.717) is 0 Å². The molecule has 0 aliphatic rings. The number of nitrogens with zero attached hydrogens (tertiary/aromatic N) is 1. The van der Waals surface area contributed by atoms with Gasteiger partial charge in [-0.3, -0.25) is 4.79 Å². The van der Waals surface area contributed by atoms with Gasteiger partial charge in [-0.15, -0.1) is 0 Å². The highest BCUT2D eigenvalue weighted by molar-refractivity contribution is 5.72. The van der Waals surface area contributed by atoms with E-state index in [-0.39, 0.29) is 13.0 Å². The summed E-state index contributed by atoms with van der Waals surface area (Å²) in [5.74, 6) is -0.876. The summed E-state index contributed by atoms with van der Waals surface area (Å²) in [5.41, 5.74) is 5.18. The highest BCUT2D eigenvalue weighted by atomic mass is 16.5. The van der Waals surface area contributed by atoms with E-state index in [1.165, 1.54) is 7.11 Å². The van der Waals surface area contributed by atoms with Crippen LogP contribution in [0.5, 0.6) is 0 Å². The second-order valence-electron chi connectivity index (χ2n) is 1.82. The van der Waals surface area contributed by atoms with E-state index in [0.717, 1.165) is 0 Å². The summed E-state index contributed by atoms with van der Waals surface area (Å²) in [6.45, 7) is 0.167. The maximum Gasteiger partial charge on any atom is 0.310 e. The largest absolute Gasteiger partial charge is 0.469 e. The molecule has 1 unspecified atom stereocenters. The van der Waals surface area contributed by atoms with Gasteiger partial charge in [-0.2, -0.15) is 5.26 Å². The molecule has 0 radical (unpaired) electrons. The maximum atomic E-state index is 10.7. The molecule has 0 spiro atoms. The molecule has 4 nitrogen and oxygen atoms in total. The van der Waals surface area contributed by atoms with Gasteiger partial charge in [0.25, 0.3) is 0 Å². The van der Waals surface area contributed by atoms with Crippen molar-refractivity contribution in [1.82, 2.24) is 0 Å². The first-order valence-corrected chi connectivity index (χ1v) is 2.91. The van der Waals surface area contributed by atoms with Crippen LogP contribution in [0.25, 0.3) is 0 Å². The van der Waals surface area contributed by atoms with Crippen molar-refractivity contribution in [1.29, 1.82) is 5.26 Å². The van der Waals surface area contributed by atoms with Crippen LogP contribution in [0.2, 0.25) is 0 Å². The van der Waals surface area contributed by atoms with Gasteiger partial charge < -0.3 is 10.5 Å². The molecule has 0 aromatic heterocycles. The minimum Gasteiger partial charge on any atom is -0.469 e. The smallest absolute Gasteiger partial charge is 0.310 e. The van der Waals surface area contributed by atoms with Crippen LogP contribution in [0.3, 0.4) is 0 Å². The van der Waals surface area contributed by atoms with Gasteiger partial charge in [-0.25, -0.2) is 0 Å². The van der Waals surface area contributed by atoms with E-state index in [4.69, 9.17) is 11.0 Å². The van der Waals surface area contributed by atoms with E-state index in [2.05, 4.69) is 4.74 Å². The standard InChI is InChI=1S/C6H10N2O2/c1-10-6(9)5(4-8)2-3-7/h5H,2,4,8H2,1H3. The average molecular weight is 142 g/mol. The third-order valence-electron chi connectivity index (χ3n) is 1.16. The van der Waals surface area contributed by atoms with Crippen LogP contribution in [-0.2, 0) is 9.53 Å². The quantitative estimate of drug-likeness (QED) is 0.546. The summed E-state index contributed by atoms with van der Waals surface area (Å²) in [5, 5.41) is 8.20. The van der Waals surface area contributed by atoms with E-state index in [1.54, 1.807) is 0 Å². The van der Waals surface area contributed by atoms with E-state index in [1.807, 2.05) is 6.07 Å². The van der Waals surface area contributed by atoms with Crippen LogP contribution in [0, 0.1) is 17.2 Å². The second kappa shape index (κ2) is 4.77. The van der Waals surface area contributed by atoms with Crippen molar-refractivity contribution in [2.75, 3.05) is 13.7 Å². The summed E-state index contributed by atoms with van der Waals surface area (Å²) >= 11 is 0. The van der Waals surface area contributed by atoms with Gasteiger partial charge in [0, 0.05) is 13.0 Å². The fraction of sp³-hybridized carbons (Fsp3) is 0.667. The summed E-state index contributed by atoms with van der Waals surface area (Å²) < 4.78 is 4.39. The Bertz CT molecular complexity index is 150. The number of carbonyl (C=O) groups excluding carboxylic acids is 1. The molecule has 0 saturated heterocycles. The molecule has 0 rings (SSSR count). The zero-order chi connectivity index (χ0) is 7.98. The maximum absolute atomic E-state index is 10.7. The van der Waals surface area contributed by atoms with Gasteiger partial charge in [0.1, 0.15) is 0 Å². The van der Waals surface area contributed by atoms with Crippen LogP contribution < -0.4 is 5.73 Å². The topological polar surface area (TPSA) is 76.1 Å². The second-order valence-corrected chi connectivity index (χ2v) is 1.82. The van der Waals surface area contributed by atoms with Gasteiger partial charge >= 0.3 is 5.97 Å². The molecule has 2 N–H and O–H groups in total. The number of nitrogens with two attached hydrogens (primary N) is 1. The Balaban J connectivity index is 3.83. The molecular formula is C6H10N2O2. The summed E-state index contributed by atoms with van der Waals surface area (Å²) in [7, 11) is 1.28. The Hall–Kier alpha value is -1.08. The molecule has 0 aliphatic carbocycles. The summed E-state index contributed by atoms with van der Waals surface area (Å²) in [6, 6.07) is 1.85. The van der Waals surface area contributed by atoms with Gasteiger partial charge in [0.15, 0.2) is 0 Å². The molecule has 10 heavy (non-hydrogen) atoms. The number of rotatable bonds is 3. The lowest BCUT2D eigenvalue weighted by molar-refractivity contribution is -0.144. The number of esters is 1. The Morgan fingerprint density at radius 1 is 1.90 bits per heavy atom. The molecule has 1 atom stereocenters. The molecule has 0 amide bonds. The molecule has 56 valence electrons. The van der Waals surface area contributed by atoms with Crippen LogP contribution in [0.4, 0.5) is 0 Å². The van der Waals surface area contributed by atoms with Crippen molar-refractivity contribution in [3.63, 3.8) is 0 Å². The SMILES string of the molecule is COC(=O)C(CN)CC#N. The third-order valence-corrected chi connectivity index (χ3v) is 1.16. The van der Waals surface area contributed by atoms with Gasteiger partial charge in [-0.05, 0) is 0 Å². The number of ether oxygens (including phenoxy) is 1. The Kier molecular flexibility index (Phi) is 4.25. The molecular weight excluding hydrogens is 132 g/mol. The normalized spacial score (nSPS) is 11.7. The van der Waals surface area contributed by atoms with Crippen LogP contribution >= 0.6 is 0 Å². The van der Waals surface area contributed by atoms with Gasteiger partial charge in [0.05, 0.1) is 19.1 Å². The molecule has 0 saturated carbocycles. The molecule has 0 fully saturated rings. The van der Waals surface area contributed by atoms with E-state index >= 15 is 0 Å². The number of methoxy groups -OCH3 is 1. The van der Waals surface area contributed by atoms with Crippen molar-refractivity contribution in [3.05, 3.63) is 0 Å². The summed E-state index contributed by atoms with van der Waals surface area (Å²) in [6.07, 6.45) is 0.128. The zero-order valence-corrected chi connectivity index (χ0v) is 5.83. The van der Waals surface area contributed by atoms with Crippen LogP contribution in [0.15, 0.2) is 0 Å². The van der Waals surface area contributed by atoms with Crippen molar-refractivity contribution >= 4 is 5.97 Å². The third kappa shape index (κ3) is 2.46. The molecule has 0 bridgehead atoms. The van der Waals surface area contributed by atoms with Crippen LogP contribution in [0.1, 0.15) is 6.42 Å². The number of hydrogen-bond acceptors (Lipinski definition) is 4. The highest BCUT2D eigenvalue weighted by Gasteiger charge is 2.15. The Labute approximate surface area is 59.6 Å². The fourth-order valence-electron chi connectivity index (χ4n) is 0.540. The highest BCUT2D eigenvalue weighted by Crippen LogP contribution is 2.00. The fourth-order valence-corrected chi connectivity index (χ4v) is 0.540. The van der Waals surface area contributed by atoms with E-state index < -0.39 is 11.9 Å². The molecule has 0 heterocycles. The van der Waals surface area contributed by atoms with Gasteiger partial charge in [-0.1, -0.05) is 0 Å². The molecule has 0 aromatic rings. The lowest BCUT2D eigenvalue weighted by atomic mass is 10.1. The van der Waals surface area contributed by atoms with Gasteiger partial charge in [0.2, 0.25) is 0 Å². The monoisotopic (exact) mass is 142 g/mol. The van der Waals surface area contributed by atoms with Crippen molar-refractivity contribution < 1.29 is 9.53 Å². The van der Waals surface area contributed by atoms with Crippen molar-refractivity contribution in [2.45, 2.75) is 6.42 Å². The Morgan fingerprint density at radius 2 is 2.50 bits per heavy atom. The number of hydrogen-bond donors (Lipinski definition) is 1. The average Bonchev–Trinajstić information content (AvgIpc) is 1.99. The van der Waals surface area contributed by atoms with Crippen molar-refractivity contribution in [2.24, 2.45) is 11.7 Å². The zero-order valence-electron chi connectivity index (χ0n) is 5.83. The van der Waals surface area contributed by atoms with Crippen molar-refractivity contribution in [3.8, 4) is 6.07 Å². The van der Waals surface area contributed by atoms with Crippen LogP contribution in [-0.4, -0.2) is 19.6 Å². The predicted octanol–water partition coefficient (Wildman–Crippen LogP) is -0.352. The minimum absolute atomic E-state index is 0.128. The first-order chi connectivity index (χ1) is 4.76. The number of nitriles is 1. The molecule has 0 aliphatic heterocycles. The van der Waals surface area contributed by atoms with E-state index in [9.17, 15) is 4.79 Å². The molecule has 0 aromatic carbocycles. The first kappa shape index (κ1) is 8.92. The molecule has 4 heteroatoms. The minimum atomic E-state index is -0.463.